The molecule has 0 fully saturated rings. The molecule has 0 amide bonds. The van der Waals surface area contributed by atoms with Crippen LogP contribution in [0.3, 0.4) is 0 Å². The quantitative estimate of drug-likeness (QED) is 0.555. The van der Waals surface area contributed by atoms with E-state index in [9.17, 15) is 4.79 Å². The Kier molecular flexibility index (Phi) is 4.05. The molecular formula is C9H11NO2S. The lowest BCUT2D eigenvalue weighted by molar-refractivity contribution is -0.131. The molecule has 1 rings (SSSR count). The second-order valence-corrected chi connectivity index (χ2v) is 3.29. The van der Waals surface area contributed by atoms with E-state index in [4.69, 9.17) is 5.11 Å². The Balaban J connectivity index is 2.12. The van der Waals surface area contributed by atoms with E-state index in [2.05, 4.69) is 16.8 Å². The molecule has 3 nitrogen and oxygen atoms in total. The van der Waals surface area contributed by atoms with Crippen LogP contribution < -0.4 is 5.32 Å². The normalized spacial score (nSPS) is 10.5. The summed E-state index contributed by atoms with van der Waals surface area (Å²) in [5.74, 6) is -0.928. The monoisotopic (exact) mass is 197 g/mol. The molecule has 13 heavy (non-hydrogen) atoms. The average Bonchev–Trinajstić information content (AvgIpc) is 2.55. The number of carbonyl (C=O) groups is 1. The number of carboxylic acid groups (broad SMARTS) is 1. The summed E-state index contributed by atoms with van der Waals surface area (Å²) in [7, 11) is 0. The van der Waals surface area contributed by atoms with Crippen molar-refractivity contribution in [2.45, 2.75) is 6.42 Å². The van der Waals surface area contributed by atoms with Gasteiger partial charge in [-0.25, -0.2) is 4.79 Å². The van der Waals surface area contributed by atoms with E-state index in [1.54, 1.807) is 11.3 Å². The summed E-state index contributed by atoms with van der Waals surface area (Å²) >= 11 is 1.67. The molecule has 0 atom stereocenters. The van der Waals surface area contributed by atoms with Gasteiger partial charge in [0.15, 0.2) is 0 Å². The molecule has 2 N–H and O–H groups in total. The van der Waals surface area contributed by atoms with Crippen LogP contribution in [0.15, 0.2) is 29.1 Å². The molecule has 0 aliphatic rings. The maximum Gasteiger partial charge on any atom is 0.329 e. The first kappa shape index (κ1) is 9.80. The van der Waals surface area contributed by atoms with E-state index in [0.717, 1.165) is 19.0 Å². The Labute approximate surface area is 80.7 Å². The molecule has 0 aliphatic heterocycles. The average molecular weight is 197 g/mol. The first-order valence-electron chi connectivity index (χ1n) is 3.93. The molecule has 0 aromatic carbocycles. The summed E-state index contributed by atoms with van der Waals surface area (Å²) < 4.78 is 0. The van der Waals surface area contributed by atoms with E-state index in [-0.39, 0.29) is 0 Å². The minimum atomic E-state index is -0.928. The number of aliphatic carboxylic acids is 1. The number of hydrogen-bond acceptors (Lipinski definition) is 3. The van der Waals surface area contributed by atoms with Gasteiger partial charge in [-0.15, -0.1) is 0 Å². The lowest BCUT2D eigenvalue weighted by Crippen LogP contribution is -2.09. The first-order chi connectivity index (χ1) is 6.29. The lowest BCUT2D eigenvalue weighted by Gasteiger charge is -1.97. The van der Waals surface area contributed by atoms with Gasteiger partial charge in [-0.3, -0.25) is 0 Å². The van der Waals surface area contributed by atoms with Gasteiger partial charge in [-0.1, -0.05) is 0 Å². The maximum atomic E-state index is 10.1. The van der Waals surface area contributed by atoms with Gasteiger partial charge in [0.1, 0.15) is 0 Å². The lowest BCUT2D eigenvalue weighted by atomic mass is 10.2. The smallest absolute Gasteiger partial charge is 0.329 e. The molecule has 0 saturated carbocycles. The molecule has 70 valence electrons. The number of hydrogen-bond donors (Lipinski definition) is 2. The summed E-state index contributed by atoms with van der Waals surface area (Å²) in [6.07, 6.45) is 3.47. The van der Waals surface area contributed by atoms with E-state index >= 15 is 0 Å². The van der Waals surface area contributed by atoms with Gasteiger partial charge >= 0.3 is 5.97 Å². The number of rotatable bonds is 5. The van der Waals surface area contributed by atoms with Crippen molar-refractivity contribution in [3.8, 4) is 0 Å². The SMILES string of the molecule is O=C(O)/C=C/NCCc1ccsc1. The fourth-order valence-electron chi connectivity index (χ4n) is 0.865. The highest BCUT2D eigenvalue weighted by atomic mass is 32.1. The fraction of sp³-hybridized carbons (Fsp3) is 0.222. The third-order valence-electron chi connectivity index (χ3n) is 1.48. The molecule has 4 heteroatoms. The topological polar surface area (TPSA) is 49.3 Å². The van der Waals surface area contributed by atoms with Crippen LogP contribution in [0.5, 0.6) is 0 Å². The second-order valence-electron chi connectivity index (χ2n) is 2.51. The molecule has 0 bridgehead atoms. The number of carboxylic acids is 1. The van der Waals surface area contributed by atoms with Crippen LogP contribution in [0.25, 0.3) is 0 Å². The largest absolute Gasteiger partial charge is 0.478 e. The highest BCUT2D eigenvalue weighted by Gasteiger charge is 1.90. The zero-order valence-corrected chi connectivity index (χ0v) is 7.88. The van der Waals surface area contributed by atoms with Gasteiger partial charge < -0.3 is 10.4 Å². The molecule has 1 aromatic heterocycles. The van der Waals surface area contributed by atoms with Crippen molar-refractivity contribution in [1.82, 2.24) is 5.32 Å². The molecule has 0 spiro atoms. The molecule has 0 saturated heterocycles. The predicted molar refractivity (Wildman–Crippen MR) is 52.8 cm³/mol. The molecule has 0 radical (unpaired) electrons. The van der Waals surface area contributed by atoms with E-state index in [1.807, 2.05) is 5.38 Å². The van der Waals surface area contributed by atoms with Crippen molar-refractivity contribution < 1.29 is 9.90 Å². The zero-order chi connectivity index (χ0) is 9.52. The molecular weight excluding hydrogens is 186 g/mol. The van der Waals surface area contributed by atoms with Gasteiger partial charge in [0.25, 0.3) is 0 Å². The Bertz CT molecular complexity index is 280. The highest BCUT2D eigenvalue weighted by molar-refractivity contribution is 7.07. The van der Waals surface area contributed by atoms with Gasteiger partial charge in [0, 0.05) is 18.8 Å². The van der Waals surface area contributed by atoms with Crippen molar-refractivity contribution >= 4 is 17.3 Å². The maximum absolute atomic E-state index is 10.1. The van der Waals surface area contributed by atoms with E-state index in [1.165, 1.54) is 11.8 Å². The van der Waals surface area contributed by atoms with Crippen LogP contribution in [-0.4, -0.2) is 17.6 Å². The third kappa shape index (κ3) is 4.32. The van der Waals surface area contributed by atoms with Crippen molar-refractivity contribution in [2.24, 2.45) is 0 Å². The number of nitrogens with one attached hydrogen (secondary N) is 1. The van der Waals surface area contributed by atoms with Crippen LogP contribution in [-0.2, 0) is 11.2 Å². The van der Waals surface area contributed by atoms with Crippen LogP contribution in [0.4, 0.5) is 0 Å². The standard InChI is InChI=1S/C9H11NO2S/c11-9(12)2-5-10-4-1-8-3-6-13-7-8/h2-3,5-7,10H,1,4H2,(H,11,12)/b5-2+. The fourth-order valence-corrected chi connectivity index (χ4v) is 1.57. The minimum absolute atomic E-state index is 0.764. The van der Waals surface area contributed by atoms with Crippen LogP contribution in [0.1, 0.15) is 5.56 Å². The molecule has 1 aromatic rings. The molecule has 0 unspecified atom stereocenters. The zero-order valence-electron chi connectivity index (χ0n) is 7.06. The van der Waals surface area contributed by atoms with Crippen LogP contribution >= 0.6 is 11.3 Å². The van der Waals surface area contributed by atoms with Crippen LogP contribution in [0, 0.1) is 0 Å². The third-order valence-corrected chi connectivity index (χ3v) is 2.21. The van der Waals surface area contributed by atoms with Gasteiger partial charge in [0.2, 0.25) is 0 Å². The van der Waals surface area contributed by atoms with Gasteiger partial charge in [-0.05, 0) is 28.8 Å². The van der Waals surface area contributed by atoms with Crippen LogP contribution in [0.2, 0.25) is 0 Å². The highest BCUT2D eigenvalue weighted by Crippen LogP contribution is 2.05. The first-order valence-corrected chi connectivity index (χ1v) is 4.87. The molecule has 0 aliphatic carbocycles. The van der Waals surface area contributed by atoms with Crippen molar-refractivity contribution in [1.29, 1.82) is 0 Å². The van der Waals surface area contributed by atoms with Crippen molar-refractivity contribution in [3.05, 3.63) is 34.7 Å². The molecule has 1 heterocycles. The van der Waals surface area contributed by atoms with Crippen molar-refractivity contribution in [3.63, 3.8) is 0 Å². The summed E-state index contributed by atoms with van der Waals surface area (Å²) in [6, 6.07) is 2.06. The Hall–Kier alpha value is -1.29. The summed E-state index contributed by atoms with van der Waals surface area (Å²) in [5, 5.41) is 15.3. The predicted octanol–water partition coefficient (Wildman–Crippen LogP) is 1.48. The Morgan fingerprint density at radius 3 is 3.15 bits per heavy atom. The second kappa shape index (κ2) is 5.37. The van der Waals surface area contributed by atoms with Gasteiger partial charge in [0.05, 0.1) is 0 Å². The summed E-state index contributed by atoms with van der Waals surface area (Å²) in [6.45, 7) is 0.764. The van der Waals surface area contributed by atoms with E-state index < -0.39 is 5.97 Å². The van der Waals surface area contributed by atoms with Crippen molar-refractivity contribution in [2.75, 3.05) is 6.54 Å². The van der Waals surface area contributed by atoms with Gasteiger partial charge in [-0.2, -0.15) is 11.3 Å². The van der Waals surface area contributed by atoms with E-state index in [0.29, 0.717) is 0 Å². The summed E-state index contributed by atoms with van der Waals surface area (Å²) in [4.78, 5) is 10.1. The number of thiophene rings is 1. The summed E-state index contributed by atoms with van der Waals surface area (Å²) in [5.41, 5.74) is 1.28. The Morgan fingerprint density at radius 1 is 1.69 bits per heavy atom. The minimum Gasteiger partial charge on any atom is -0.478 e. The Morgan fingerprint density at radius 2 is 2.54 bits per heavy atom.